The summed E-state index contributed by atoms with van der Waals surface area (Å²) in [5, 5.41) is 7.00. The second-order valence-electron chi connectivity index (χ2n) is 4.82. The summed E-state index contributed by atoms with van der Waals surface area (Å²) < 4.78 is 23.1. The van der Waals surface area contributed by atoms with Gasteiger partial charge in [-0.15, -0.1) is 0 Å². The first-order chi connectivity index (χ1) is 12.1. The molecule has 0 aliphatic heterocycles. The van der Waals surface area contributed by atoms with Crippen LogP contribution < -0.4 is 15.8 Å². The van der Waals surface area contributed by atoms with Gasteiger partial charge in [0, 0.05) is 5.69 Å². The van der Waals surface area contributed by atoms with Crippen molar-refractivity contribution in [1.29, 1.82) is 0 Å². The standard InChI is InChI=1S/C16H13FN4O3S/c1-2-7-23-12-8-11(24-21-12)13(22)14-15(18)20-16(25-14)19-10-5-3-9(17)4-6-10/h2-6,8H,1,7,18H2,(H,19,20). The van der Waals surface area contributed by atoms with E-state index in [-0.39, 0.29) is 34.8 Å². The highest BCUT2D eigenvalue weighted by Crippen LogP contribution is 2.30. The van der Waals surface area contributed by atoms with Crippen LogP contribution in [0.3, 0.4) is 0 Å². The number of carbonyl (C=O) groups excluding carboxylic acids is 1. The predicted octanol–water partition coefficient (Wildman–Crippen LogP) is 3.39. The van der Waals surface area contributed by atoms with Crippen molar-refractivity contribution in [3.63, 3.8) is 0 Å². The maximum Gasteiger partial charge on any atom is 0.255 e. The van der Waals surface area contributed by atoms with E-state index >= 15 is 0 Å². The molecular formula is C16H13FN4O3S. The van der Waals surface area contributed by atoms with Gasteiger partial charge in [-0.3, -0.25) is 4.79 Å². The van der Waals surface area contributed by atoms with Crippen LogP contribution in [0.15, 0.2) is 47.5 Å². The van der Waals surface area contributed by atoms with E-state index in [2.05, 4.69) is 22.0 Å². The Balaban J connectivity index is 1.77. The first-order valence-corrected chi connectivity index (χ1v) is 7.92. The summed E-state index contributed by atoms with van der Waals surface area (Å²) in [4.78, 5) is 16.8. The monoisotopic (exact) mass is 360 g/mol. The van der Waals surface area contributed by atoms with Crippen molar-refractivity contribution in [2.45, 2.75) is 0 Å². The smallest absolute Gasteiger partial charge is 0.255 e. The third-order valence-corrected chi connectivity index (χ3v) is 4.00. The van der Waals surface area contributed by atoms with Gasteiger partial charge >= 0.3 is 0 Å². The van der Waals surface area contributed by atoms with Crippen molar-refractivity contribution in [2.24, 2.45) is 0 Å². The Morgan fingerprint density at radius 3 is 2.92 bits per heavy atom. The molecule has 128 valence electrons. The number of carbonyl (C=O) groups is 1. The lowest BCUT2D eigenvalue weighted by atomic mass is 10.2. The maximum atomic E-state index is 12.9. The van der Waals surface area contributed by atoms with Crippen molar-refractivity contribution in [3.8, 4) is 5.88 Å². The topological polar surface area (TPSA) is 103 Å². The van der Waals surface area contributed by atoms with Crippen molar-refractivity contribution >= 4 is 33.8 Å². The van der Waals surface area contributed by atoms with Gasteiger partial charge in [0.25, 0.3) is 5.88 Å². The Kier molecular flexibility index (Phi) is 4.75. The summed E-state index contributed by atoms with van der Waals surface area (Å²) in [6.45, 7) is 3.76. The molecule has 3 rings (SSSR count). The van der Waals surface area contributed by atoms with E-state index in [1.807, 2.05) is 0 Å². The summed E-state index contributed by atoms with van der Waals surface area (Å²) in [7, 11) is 0. The molecule has 3 aromatic rings. The van der Waals surface area contributed by atoms with Crippen LogP contribution in [0.1, 0.15) is 15.4 Å². The molecule has 2 aromatic heterocycles. The minimum absolute atomic E-state index is 0.0113. The van der Waals surface area contributed by atoms with Crippen molar-refractivity contribution < 1.29 is 18.4 Å². The summed E-state index contributed by atoms with van der Waals surface area (Å²) in [5.41, 5.74) is 6.44. The second kappa shape index (κ2) is 7.14. The number of benzene rings is 1. The lowest BCUT2D eigenvalue weighted by Crippen LogP contribution is -2.01. The van der Waals surface area contributed by atoms with E-state index in [9.17, 15) is 9.18 Å². The zero-order valence-electron chi connectivity index (χ0n) is 12.9. The zero-order valence-corrected chi connectivity index (χ0v) is 13.7. The minimum Gasteiger partial charge on any atom is -0.471 e. The van der Waals surface area contributed by atoms with Crippen LogP contribution in [0.2, 0.25) is 0 Å². The van der Waals surface area contributed by atoms with Gasteiger partial charge in [0.1, 0.15) is 23.1 Å². The molecule has 9 heteroatoms. The normalized spacial score (nSPS) is 10.4. The molecule has 0 aliphatic carbocycles. The van der Waals surface area contributed by atoms with Gasteiger partial charge in [0.05, 0.1) is 6.07 Å². The number of nitrogen functional groups attached to an aromatic ring is 1. The number of ether oxygens (including phenoxy) is 1. The second-order valence-corrected chi connectivity index (χ2v) is 5.82. The number of halogens is 1. The molecular weight excluding hydrogens is 347 g/mol. The highest BCUT2D eigenvalue weighted by Gasteiger charge is 2.22. The summed E-state index contributed by atoms with van der Waals surface area (Å²) in [6, 6.07) is 7.09. The molecule has 0 amide bonds. The molecule has 2 heterocycles. The molecule has 0 fully saturated rings. The van der Waals surface area contributed by atoms with E-state index < -0.39 is 5.78 Å². The van der Waals surface area contributed by atoms with Gasteiger partial charge < -0.3 is 20.3 Å². The van der Waals surface area contributed by atoms with Gasteiger partial charge in [-0.25, -0.2) is 9.37 Å². The molecule has 0 saturated carbocycles. The Morgan fingerprint density at radius 2 is 2.20 bits per heavy atom. The summed E-state index contributed by atoms with van der Waals surface area (Å²) in [5.74, 6) is -0.578. The van der Waals surface area contributed by atoms with E-state index in [1.165, 1.54) is 18.2 Å². The fourth-order valence-corrected chi connectivity index (χ4v) is 2.74. The number of rotatable bonds is 7. The Morgan fingerprint density at radius 1 is 1.44 bits per heavy atom. The van der Waals surface area contributed by atoms with Gasteiger partial charge in [0.2, 0.25) is 11.5 Å². The Labute approximate surface area is 145 Å². The van der Waals surface area contributed by atoms with Crippen LogP contribution in [0, 0.1) is 5.82 Å². The first-order valence-electron chi connectivity index (χ1n) is 7.11. The molecule has 3 N–H and O–H groups in total. The van der Waals surface area contributed by atoms with E-state index in [0.717, 1.165) is 11.3 Å². The quantitative estimate of drug-likeness (QED) is 0.492. The third kappa shape index (κ3) is 3.83. The van der Waals surface area contributed by atoms with Crippen LogP contribution in [0.25, 0.3) is 0 Å². The van der Waals surface area contributed by atoms with Gasteiger partial charge in [0.15, 0.2) is 5.13 Å². The van der Waals surface area contributed by atoms with Crippen molar-refractivity contribution in [1.82, 2.24) is 10.1 Å². The number of nitrogens with zero attached hydrogens (tertiary/aromatic N) is 2. The van der Waals surface area contributed by atoms with E-state index in [1.54, 1.807) is 18.2 Å². The minimum atomic E-state index is -0.455. The predicted molar refractivity (Wildman–Crippen MR) is 91.8 cm³/mol. The molecule has 0 spiro atoms. The number of hydrogen-bond donors (Lipinski definition) is 2. The van der Waals surface area contributed by atoms with Crippen LogP contribution in [0.5, 0.6) is 5.88 Å². The van der Waals surface area contributed by atoms with Crippen LogP contribution in [0.4, 0.5) is 21.0 Å². The average Bonchev–Trinajstić information content (AvgIpc) is 3.21. The van der Waals surface area contributed by atoms with E-state index in [4.69, 9.17) is 15.0 Å². The van der Waals surface area contributed by atoms with Gasteiger partial charge in [-0.2, -0.15) is 0 Å². The van der Waals surface area contributed by atoms with Crippen molar-refractivity contribution in [3.05, 3.63) is 59.4 Å². The summed E-state index contributed by atoms with van der Waals surface area (Å²) >= 11 is 1.05. The fourth-order valence-electron chi connectivity index (χ4n) is 1.90. The molecule has 0 radical (unpaired) electrons. The van der Waals surface area contributed by atoms with Crippen LogP contribution in [-0.2, 0) is 0 Å². The lowest BCUT2D eigenvalue weighted by molar-refractivity contribution is 0.100. The number of nitrogens with two attached hydrogens (primary N) is 1. The molecule has 0 unspecified atom stereocenters. The molecule has 0 saturated heterocycles. The number of anilines is 3. The molecule has 1 aromatic carbocycles. The zero-order chi connectivity index (χ0) is 17.8. The molecule has 7 nitrogen and oxygen atoms in total. The third-order valence-electron chi connectivity index (χ3n) is 3.02. The van der Waals surface area contributed by atoms with Gasteiger partial charge in [-0.1, -0.05) is 24.0 Å². The number of nitrogens with one attached hydrogen (secondary N) is 1. The van der Waals surface area contributed by atoms with Crippen LogP contribution in [-0.4, -0.2) is 22.5 Å². The average molecular weight is 360 g/mol. The number of aromatic nitrogens is 2. The van der Waals surface area contributed by atoms with Gasteiger partial charge in [-0.05, 0) is 29.4 Å². The molecule has 0 aliphatic rings. The summed E-state index contributed by atoms with van der Waals surface area (Å²) in [6.07, 6.45) is 1.55. The highest BCUT2D eigenvalue weighted by atomic mass is 32.1. The van der Waals surface area contributed by atoms with E-state index in [0.29, 0.717) is 10.8 Å². The maximum absolute atomic E-state index is 12.9. The number of hydrogen-bond acceptors (Lipinski definition) is 8. The molecule has 0 atom stereocenters. The lowest BCUT2D eigenvalue weighted by Gasteiger charge is -2.00. The Bertz CT molecular complexity index is 905. The number of thiazole rings is 1. The largest absolute Gasteiger partial charge is 0.471 e. The number of ketones is 1. The van der Waals surface area contributed by atoms with Crippen LogP contribution >= 0.6 is 11.3 Å². The first kappa shape index (κ1) is 16.7. The molecule has 25 heavy (non-hydrogen) atoms. The Hall–Kier alpha value is -3.20. The van der Waals surface area contributed by atoms with Crippen molar-refractivity contribution in [2.75, 3.05) is 17.7 Å². The SMILES string of the molecule is C=CCOc1cc(C(=O)c2sc(Nc3ccc(F)cc3)nc2N)on1. The molecule has 0 bridgehead atoms. The highest BCUT2D eigenvalue weighted by molar-refractivity contribution is 7.18. The fraction of sp³-hybridized carbons (Fsp3) is 0.0625.